The van der Waals surface area contributed by atoms with Crippen molar-refractivity contribution in [3.8, 4) is 0 Å². The summed E-state index contributed by atoms with van der Waals surface area (Å²) >= 11 is 6.05. The van der Waals surface area contributed by atoms with E-state index < -0.39 is 28.6 Å². The maximum atomic E-state index is 14.7. The molecule has 9 heteroatoms. The molecule has 1 amide bonds. The number of benzene rings is 1. The van der Waals surface area contributed by atoms with E-state index in [1.54, 1.807) is 6.07 Å². The predicted octanol–water partition coefficient (Wildman–Crippen LogP) is 4.16. The van der Waals surface area contributed by atoms with Crippen LogP contribution in [0.5, 0.6) is 0 Å². The maximum Gasteiger partial charge on any atom is 0.254 e. The van der Waals surface area contributed by atoms with Gasteiger partial charge in [-0.25, -0.2) is 4.39 Å². The van der Waals surface area contributed by atoms with Crippen LogP contribution < -0.4 is 26.8 Å². The van der Waals surface area contributed by atoms with Crippen LogP contribution in [-0.4, -0.2) is 5.91 Å². The van der Waals surface area contributed by atoms with Crippen molar-refractivity contribution in [3.63, 3.8) is 0 Å². The van der Waals surface area contributed by atoms with Crippen molar-refractivity contribution in [2.45, 2.75) is 40.3 Å². The Morgan fingerprint density at radius 2 is 1.81 bits per heavy atom. The van der Waals surface area contributed by atoms with E-state index in [0.717, 1.165) is 6.07 Å². The lowest BCUT2D eigenvalue weighted by Crippen LogP contribution is -2.39. The van der Waals surface area contributed by atoms with E-state index in [-0.39, 0.29) is 39.6 Å². The minimum absolute atomic E-state index is 0.0143. The van der Waals surface area contributed by atoms with Crippen molar-refractivity contribution < 1.29 is 13.6 Å². The van der Waals surface area contributed by atoms with Gasteiger partial charge >= 0.3 is 0 Å². The third kappa shape index (κ3) is 3.50. The Balaban J connectivity index is 1.74. The number of nitrogens with one attached hydrogen (secondary N) is 3. The normalized spacial score (nSPS) is 14.5. The Morgan fingerprint density at radius 3 is 2.42 bits per heavy atom. The average molecular weight is 446 g/mol. The highest BCUT2D eigenvalue weighted by Gasteiger charge is 2.34. The third-order valence-corrected chi connectivity index (χ3v) is 5.68. The molecule has 0 bridgehead atoms. The quantitative estimate of drug-likeness (QED) is 0.510. The number of fused-ring (bicyclic) bond motifs is 1. The van der Waals surface area contributed by atoms with Gasteiger partial charge in [-0.05, 0) is 30.5 Å². The Labute approximate surface area is 182 Å². The number of aryl methyl sites for hydroxylation is 1. The molecule has 0 saturated heterocycles. The molecule has 1 atom stereocenters. The molecule has 0 unspecified atom stereocenters. The van der Waals surface area contributed by atoms with Gasteiger partial charge in [0.05, 0.1) is 17.3 Å². The van der Waals surface area contributed by atoms with Crippen LogP contribution in [0.4, 0.5) is 21.5 Å². The smallest absolute Gasteiger partial charge is 0.254 e. The van der Waals surface area contributed by atoms with Gasteiger partial charge in [0, 0.05) is 17.1 Å². The van der Waals surface area contributed by atoms with Gasteiger partial charge in [-0.2, -0.15) is 0 Å². The molecule has 7 nitrogen and oxygen atoms in total. The van der Waals surface area contributed by atoms with E-state index in [4.69, 9.17) is 16.0 Å². The van der Waals surface area contributed by atoms with Gasteiger partial charge in [-0.1, -0.05) is 32.4 Å². The van der Waals surface area contributed by atoms with Crippen LogP contribution in [0.2, 0.25) is 5.02 Å². The van der Waals surface area contributed by atoms with Gasteiger partial charge in [0.1, 0.15) is 28.7 Å². The van der Waals surface area contributed by atoms with E-state index in [9.17, 15) is 18.8 Å². The molecule has 0 aliphatic carbocycles. The zero-order valence-corrected chi connectivity index (χ0v) is 18.2. The standard InChI is InChI=1S/C22H21ClFN3O4/c1-9-5-6-13(31-9)20(22(2,3)4)27-17-16(18(28)19(17)29)26-15-12(24)7-11(23)10-8-25-21(30)14(10)15/h5-7,20,26-27H,8H2,1-4H3,(H,25,30)/t20-/m0/s1. The molecule has 0 radical (unpaired) electrons. The summed E-state index contributed by atoms with van der Waals surface area (Å²) < 4.78 is 20.4. The molecule has 2 heterocycles. The Bertz CT molecular complexity index is 1280. The second-order valence-electron chi connectivity index (χ2n) is 8.68. The fourth-order valence-corrected chi connectivity index (χ4v) is 3.96. The number of carbonyl (C=O) groups is 1. The summed E-state index contributed by atoms with van der Waals surface area (Å²) in [6.45, 7) is 7.83. The molecule has 31 heavy (non-hydrogen) atoms. The van der Waals surface area contributed by atoms with Crippen molar-refractivity contribution in [2.75, 3.05) is 10.6 Å². The topological polar surface area (TPSA) is 100 Å². The first-order chi connectivity index (χ1) is 14.5. The molecule has 3 N–H and O–H groups in total. The zero-order chi connectivity index (χ0) is 22.7. The summed E-state index contributed by atoms with van der Waals surface area (Å²) in [5.74, 6) is 0.000657. The Morgan fingerprint density at radius 1 is 1.13 bits per heavy atom. The monoisotopic (exact) mass is 445 g/mol. The molecular weight excluding hydrogens is 425 g/mol. The molecule has 0 spiro atoms. The fraction of sp³-hybridized carbons (Fsp3) is 0.318. The summed E-state index contributed by atoms with van der Waals surface area (Å²) in [5.41, 5.74) is -1.73. The van der Waals surface area contributed by atoms with Crippen molar-refractivity contribution in [2.24, 2.45) is 5.41 Å². The second kappa shape index (κ2) is 7.23. The van der Waals surface area contributed by atoms with Crippen LogP contribution in [0.15, 0.2) is 32.2 Å². The van der Waals surface area contributed by atoms with Crippen molar-refractivity contribution in [1.29, 1.82) is 0 Å². The molecule has 0 saturated carbocycles. The highest BCUT2D eigenvalue weighted by Crippen LogP contribution is 2.39. The van der Waals surface area contributed by atoms with Gasteiger partial charge in [0.15, 0.2) is 0 Å². The summed E-state index contributed by atoms with van der Waals surface area (Å²) in [4.78, 5) is 36.9. The lowest BCUT2D eigenvalue weighted by Gasteiger charge is -2.31. The van der Waals surface area contributed by atoms with Crippen LogP contribution in [-0.2, 0) is 6.54 Å². The molecular formula is C22H21ClFN3O4. The molecule has 1 aliphatic rings. The fourth-order valence-electron chi connectivity index (χ4n) is 3.70. The summed E-state index contributed by atoms with van der Waals surface area (Å²) in [7, 11) is 0. The molecule has 4 rings (SSSR count). The number of anilines is 3. The lowest BCUT2D eigenvalue weighted by atomic mass is 9.85. The first-order valence-electron chi connectivity index (χ1n) is 9.71. The van der Waals surface area contributed by atoms with Crippen molar-refractivity contribution in [1.82, 2.24) is 5.32 Å². The van der Waals surface area contributed by atoms with Gasteiger partial charge in [0.25, 0.3) is 16.8 Å². The molecule has 1 aromatic heterocycles. The summed E-state index contributed by atoms with van der Waals surface area (Å²) in [6.07, 6.45) is 0. The maximum absolute atomic E-state index is 14.7. The summed E-state index contributed by atoms with van der Waals surface area (Å²) in [5, 5.41) is 8.45. The number of furan rings is 1. The highest BCUT2D eigenvalue weighted by molar-refractivity contribution is 6.32. The molecule has 162 valence electrons. The van der Waals surface area contributed by atoms with Gasteiger partial charge in [-0.3, -0.25) is 14.4 Å². The van der Waals surface area contributed by atoms with Gasteiger partial charge in [-0.15, -0.1) is 0 Å². The van der Waals surface area contributed by atoms with E-state index in [1.807, 2.05) is 33.8 Å². The van der Waals surface area contributed by atoms with Crippen molar-refractivity contribution >= 4 is 34.6 Å². The largest absolute Gasteiger partial charge is 0.464 e. The first-order valence-corrected chi connectivity index (χ1v) is 10.1. The van der Waals surface area contributed by atoms with E-state index in [0.29, 0.717) is 17.1 Å². The number of hydrogen-bond donors (Lipinski definition) is 3. The van der Waals surface area contributed by atoms with Crippen LogP contribution >= 0.6 is 11.6 Å². The number of rotatable bonds is 5. The van der Waals surface area contributed by atoms with E-state index in [1.165, 1.54) is 0 Å². The zero-order valence-electron chi connectivity index (χ0n) is 17.4. The SMILES string of the molecule is Cc1ccc([C@H](Nc2c(Nc3c(F)cc(Cl)c4c3C(=O)NC4)c(=O)c2=O)C(C)(C)C)o1. The average Bonchev–Trinajstić information content (AvgIpc) is 3.28. The highest BCUT2D eigenvalue weighted by atomic mass is 35.5. The number of amides is 1. The Hall–Kier alpha value is -3.13. The predicted molar refractivity (Wildman–Crippen MR) is 116 cm³/mol. The molecule has 2 aromatic carbocycles. The lowest BCUT2D eigenvalue weighted by molar-refractivity contribution is 0.0966. The van der Waals surface area contributed by atoms with Gasteiger partial charge < -0.3 is 20.4 Å². The minimum atomic E-state index is -0.799. The number of hydrogen-bond acceptors (Lipinski definition) is 6. The number of carbonyl (C=O) groups excluding carboxylic acids is 1. The van der Waals surface area contributed by atoms with Crippen LogP contribution in [0.1, 0.15) is 54.3 Å². The molecule has 1 aliphatic heterocycles. The number of halogens is 2. The molecule has 0 fully saturated rings. The first kappa shape index (κ1) is 21.1. The summed E-state index contributed by atoms with van der Waals surface area (Å²) in [6, 6.07) is 4.24. The van der Waals surface area contributed by atoms with Crippen LogP contribution in [0.3, 0.4) is 0 Å². The third-order valence-electron chi connectivity index (χ3n) is 5.35. The van der Waals surface area contributed by atoms with Crippen LogP contribution in [0, 0.1) is 18.2 Å². The minimum Gasteiger partial charge on any atom is -0.464 e. The van der Waals surface area contributed by atoms with Crippen molar-refractivity contribution in [3.05, 3.63) is 72.1 Å². The van der Waals surface area contributed by atoms with Gasteiger partial charge in [0.2, 0.25) is 0 Å². The second-order valence-corrected chi connectivity index (χ2v) is 9.08. The van der Waals surface area contributed by atoms with E-state index in [2.05, 4.69) is 16.0 Å². The molecule has 3 aromatic rings. The van der Waals surface area contributed by atoms with Crippen LogP contribution in [0.25, 0.3) is 0 Å². The Kier molecular flexibility index (Phi) is 4.93. The van der Waals surface area contributed by atoms with E-state index >= 15 is 0 Å².